The Bertz CT molecular complexity index is 782. The summed E-state index contributed by atoms with van der Waals surface area (Å²) in [6.07, 6.45) is 0. The third-order valence-corrected chi connectivity index (χ3v) is 3.66. The number of carbonyl (C=O) groups excluding carboxylic acids is 2. The zero-order valence-electron chi connectivity index (χ0n) is 13.0. The smallest absolute Gasteiger partial charge is 0.279 e. The first-order chi connectivity index (χ1) is 11.1. The number of nitrogens with one attached hydrogen (secondary N) is 1. The van der Waals surface area contributed by atoms with Gasteiger partial charge >= 0.3 is 0 Å². The van der Waals surface area contributed by atoms with Crippen LogP contribution in [-0.4, -0.2) is 23.6 Å². The fourth-order valence-corrected chi connectivity index (χ4v) is 2.60. The molecule has 5 nitrogen and oxygen atoms in total. The summed E-state index contributed by atoms with van der Waals surface area (Å²) < 4.78 is 0. The number of hydrazone groups is 1. The van der Waals surface area contributed by atoms with Crippen molar-refractivity contribution in [3.8, 4) is 0 Å². The number of hydrogen-bond acceptors (Lipinski definition) is 3. The van der Waals surface area contributed by atoms with Crippen molar-refractivity contribution in [2.75, 3.05) is 4.90 Å². The number of carbonyl (C=O) groups is 2. The number of amides is 2. The molecule has 1 N–H and O–H groups in total. The predicted molar refractivity (Wildman–Crippen MR) is 89.5 cm³/mol. The minimum Gasteiger partial charge on any atom is -0.304 e. The molecule has 0 bridgehead atoms. The summed E-state index contributed by atoms with van der Waals surface area (Å²) in [4.78, 5) is 26.4. The predicted octanol–water partition coefficient (Wildman–Crippen LogP) is 2.58. The van der Waals surface area contributed by atoms with Gasteiger partial charge in [-0.1, -0.05) is 36.4 Å². The lowest BCUT2D eigenvalue weighted by molar-refractivity contribution is -0.112. The minimum atomic E-state index is -0.341. The Morgan fingerprint density at radius 2 is 1.70 bits per heavy atom. The SMILES string of the molecule is CC(C)N1C(=O)/C(=N\NC(=O)c2ccccc2)c2ccccc21. The maximum Gasteiger partial charge on any atom is 0.279 e. The fourth-order valence-electron chi connectivity index (χ4n) is 2.60. The fraction of sp³-hybridized carbons (Fsp3) is 0.167. The zero-order valence-corrected chi connectivity index (χ0v) is 13.0. The molecule has 0 saturated heterocycles. The van der Waals surface area contributed by atoms with Crippen molar-refractivity contribution in [2.24, 2.45) is 5.10 Å². The van der Waals surface area contributed by atoms with Gasteiger partial charge in [0.05, 0.1) is 5.69 Å². The maximum atomic E-state index is 12.6. The van der Waals surface area contributed by atoms with Crippen LogP contribution in [0.15, 0.2) is 59.7 Å². The van der Waals surface area contributed by atoms with Gasteiger partial charge in [-0.05, 0) is 32.0 Å². The summed E-state index contributed by atoms with van der Waals surface area (Å²) >= 11 is 0. The molecule has 116 valence electrons. The monoisotopic (exact) mass is 307 g/mol. The summed E-state index contributed by atoms with van der Waals surface area (Å²) in [6, 6.07) is 16.2. The number of para-hydroxylation sites is 1. The highest BCUT2D eigenvalue weighted by atomic mass is 16.2. The lowest BCUT2D eigenvalue weighted by Gasteiger charge is -2.20. The Kier molecular flexibility index (Phi) is 3.93. The molecule has 5 heteroatoms. The Morgan fingerprint density at radius 3 is 2.39 bits per heavy atom. The van der Waals surface area contributed by atoms with Crippen LogP contribution in [0.25, 0.3) is 0 Å². The molecule has 0 radical (unpaired) electrons. The topological polar surface area (TPSA) is 61.8 Å². The molecular formula is C18H17N3O2. The van der Waals surface area contributed by atoms with E-state index in [1.54, 1.807) is 29.2 Å². The number of benzene rings is 2. The molecule has 3 rings (SSSR count). The molecule has 2 amide bonds. The van der Waals surface area contributed by atoms with Crippen LogP contribution in [0.3, 0.4) is 0 Å². The summed E-state index contributed by atoms with van der Waals surface area (Å²) in [5, 5.41) is 4.08. The van der Waals surface area contributed by atoms with Gasteiger partial charge in [0.2, 0.25) is 0 Å². The summed E-state index contributed by atoms with van der Waals surface area (Å²) in [7, 11) is 0. The van der Waals surface area contributed by atoms with Gasteiger partial charge in [-0.15, -0.1) is 0 Å². The highest BCUT2D eigenvalue weighted by Gasteiger charge is 2.35. The Morgan fingerprint density at radius 1 is 1.04 bits per heavy atom. The van der Waals surface area contributed by atoms with Crippen LogP contribution in [-0.2, 0) is 4.79 Å². The molecule has 0 unspecified atom stereocenters. The van der Waals surface area contributed by atoms with E-state index < -0.39 is 0 Å². The molecule has 0 spiro atoms. The van der Waals surface area contributed by atoms with Crippen molar-refractivity contribution in [1.29, 1.82) is 0 Å². The number of rotatable bonds is 3. The van der Waals surface area contributed by atoms with Crippen molar-refractivity contribution in [3.63, 3.8) is 0 Å². The maximum absolute atomic E-state index is 12.6. The number of nitrogens with zero attached hydrogens (tertiary/aromatic N) is 2. The minimum absolute atomic E-state index is 0.0150. The van der Waals surface area contributed by atoms with Crippen LogP contribution in [0.2, 0.25) is 0 Å². The first-order valence-electron chi connectivity index (χ1n) is 7.45. The van der Waals surface area contributed by atoms with Gasteiger partial charge in [0.25, 0.3) is 11.8 Å². The van der Waals surface area contributed by atoms with E-state index in [9.17, 15) is 9.59 Å². The summed E-state index contributed by atoms with van der Waals surface area (Å²) in [5.74, 6) is -0.541. The molecule has 2 aromatic rings. The highest BCUT2D eigenvalue weighted by Crippen LogP contribution is 2.30. The van der Waals surface area contributed by atoms with E-state index in [1.165, 1.54) is 0 Å². The zero-order chi connectivity index (χ0) is 16.4. The Balaban J connectivity index is 1.91. The lowest BCUT2D eigenvalue weighted by Crippen LogP contribution is -2.36. The van der Waals surface area contributed by atoms with E-state index in [2.05, 4.69) is 10.5 Å². The molecule has 0 fully saturated rings. The van der Waals surface area contributed by atoms with Gasteiger partial charge in [0.15, 0.2) is 5.71 Å². The van der Waals surface area contributed by atoms with Crippen molar-refractivity contribution < 1.29 is 9.59 Å². The third-order valence-electron chi connectivity index (χ3n) is 3.66. The number of hydrogen-bond donors (Lipinski definition) is 1. The van der Waals surface area contributed by atoms with Crippen molar-refractivity contribution in [3.05, 3.63) is 65.7 Å². The molecule has 1 heterocycles. The third kappa shape index (κ3) is 2.73. The van der Waals surface area contributed by atoms with Gasteiger partial charge in [-0.25, -0.2) is 5.43 Å². The summed E-state index contributed by atoms with van der Waals surface area (Å²) in [5.41, 5.74) is 4.79. The number of anilines is 1. The van der Waals surface area contributed by atoms with E-state index in [4.69, 9.17) is 0 Å². The van der Waals surface area contributed by atoms with Gasteiger partial charge in [-0.2, -0.15) is 5.10 Å². The molecule has 0 aromatic heterocycles. The number of fused-ring (bicyclic) bond motifs is 1. The quantitative estimate of drug-likeness (QED) is 0.886. The molecule has 0 saturated carbocycles. The highest BCUT2D eigenvalue weighted by molar-refractivity contribution is 6.54. The lowest BCUT2D eigenvalue weighted by atomic mass is 10.1. The van der Waals surface area contributed by atoms with Crippen LogP contribution >= 0.6 is 0 Å². The van der Waals surface area contributed by atoms with Gasteiger partial charge in [-0.3, -0.25) is 9.59 Å². The van der Waals surface area contributed by atoms with Crippen LogP contribution in [0.4, 0.5) is 5.69 Å². The van der Waals surface area contributed by atoms with Crippen molar-refractivity contribution in [2.45, 2.75) is 19.9 Å². The van der Waals surface area contributed by atoms with E-state index >= 15 is 0 Å². The van der Waals surface area contributed by atoms with E-state index in [0.717, 1.165) is 11.3 Å². The van der Waals surface area contributed by atoms with Crippen molar-refractivity contribution in [1.82, 2.24) is 5.43 Å². The second-order valence-corrected chi connectivity index (χ2v) is 5.55. The molecular weight excluding hydrogens is 290 g/mol. The Labute approximate surface area is 134 Å². The average molecular weight is 307 g/mol. The Hall–Kier alpha value is -2.95. The normalized spacial score (nSPS) is 15.2. The van der Waals surface area contributed by atoms with Gasteiger partial charge in [0.1, 0.15) is 0 Å². The van der Waals surface area contributed by atoms with E-state index in [-0.39, 0.29) is 23.6 Å². The largest absolute Gasteiger partial charge is 0.304 e. The van der Waals surface area contributed by atoms with Crippen LogP contribution in [0, 0.1) is 0 Å². The molecule has 1 aliphatic heterocycles. The first kappa shape index (κ1) is 15.0. The van der Waals surface area contributed by atoms with Crippen LogP contribution in [0.5, 0.6) is 0 Å². The van der Waals surface area contributed by atoms with Gasteiger partial charge in [0, 0.05) is 17.2 Å². The second kappa shape index (κ2) is 6.04. The molecule has 0 atom stereocenters. The molecule has 2 aromatic carbocycles. The molecule has 0 aliphatic carbocycles. The van der Waals surface area contributed by atoms with Crippen LogP contribution in [0.1, 0.15) is 29.8 Å². The summed E-state index contributed by atoms with van der Waals surface area (Å²) in [6.45, 7) is 3.89. The average Bonchev–Trinajstić information content (AvgIpc) is 2.85. The van der Waals surface area contributed by atoms with Gasteiger partial charge < -0.3 is 4.90 Å². The van der Waals surface area contributed by atoms with Crippen molar-refractivity contribution >= 4 is 23.2 Å². The standard InChI is InChI=1S/C18H17N3O2/c1-12(2)21-15-11-7-6-10-14(15)16(18(21)23)19-20-17(22)13-8-4-3-5-9-13/h3-12H,1-2H3,(H,20,22)/b19-16-. The second-order valence-electron chi connectivity index (χ2n) is 5.55. The van der Waals surface area contributed by atoms with Crippen LogP contribution < -0.4 is 10.3 Å². The van der Waals surface area contributed by atoms with E-state index in [1.807, 2.05) is 44.2 Å². The first-order valence-corrected chi connectivity index (χ1v) is 7.45. The molecule has 23 heavy (non-hydrogen) atoms. The van der Waals surface area contributed by atoms with E-state index in [0.29, 0.717) is 5.56 Å². The molecule has 1 aliphatic rings.